The van der Waals surface area contributed by atoms with Crippen LogP contribution in [0.5, 0.6) is 0 Å². The van der Waals surface area contributed by atoms with Crippen molar-refractivity contribution in [2.24, 2.45) is 0 Å². The van der Waals surface area contributed by atoms with E-state index in [1.807, 2.05) is 42.7 Å². The van der Waals surface area contributed by atoms with Gasteiger partial charge >= 0.3 is 29.6 Å². The van der Waals surface area contributed by atoms with Gasteiger partial charge in [0.1, 0.15) is 0 Å². The average Bonchev–Trinajstić information content (AvgIpc) is 3.20. The van der Waals surface area contributed by atoms with E-state index in [1.165, 1.54) is 18.2 Å². The molecule has 8 heteroatoms. The van der Waals surface area contributed by atoms with Crippen LogP contribution in [0.1, 0.15) is 87.7 Å². The molecule has 1 aliphatic carbocycles. The van der Waals surface area contributed by atoms with Crippen molar-refractivity contribution >= 4 is 24.5 Å². The molecule has 2 aromatic carbocycles. The number of carbonyl (C=O) groups excluding carboxylic acids is 2. The summed E-state index contributed by atoms with van der Waals surface area (Å²) in [7, 11) is -4.52. The van der Waals surface area contributed by atoms with Crippen molar-refractivity contribution in [1.82, 2.24) is 4.57 Å². The van der Waals surface area contributed by atoms with Crippen LogP contribution in [-0.2, 0) is 15.6 Å². The van der Waals surface area contributed by atoms with Gasteiger partial charge in [-0.15, -0.1) is 0 Å². The Balaban J connectivity index is 0.00000274. The standard InChI is InChI=1S/C26H26NO5P.Na/c1-3-4-7-13-32-33(30,31)21-12-8-11-19-22(21)26(29)20-15-27-14-17-9-5-6-10-18(17)16(2)24(27)23(20)25(19)28;/h5-6,8-12,15-16H,3-4,7,13-14H2,1-2H3,(H,30,31);/q;+1/p-1. The number of nitrogens with zero attached hydrogens (tertiary/aromatic N) is 1. The van der Waals surface area contributed by atoms with Crippen molar-refractivity contribution in [2.75, 3.05) is 6.61 Å². The first kappa shape index (κ1) is 25.3. The number of benzene rings is 2. The van der Waals surface area contributed by atoms with Gasteiger partial charge in [-0.25, -0.2) is 0 Å². The molecule has 0 radical (unpaired) electrons. The Hall–Kier alpha value is -1.79. The third kappa shape index (κ3) is 4.01. The smallest absolute Gasteiger partial charge is 0.775 e. The maximum Gasteiger partial charge on any atom is 1.00 e. The molecule has 2 unspecified atom stereocenters. The quantitative estimate of drug-likeness (QED) is 0.232. The number of unbranched alkanes of at least 4 members (excludes halogenated alkanes) is 2. The Morgan fingerprint density at radius 3 is 2.53 bits per heavy atom. The predicted molar refractivity (Wildman–Crippen MR) is 124 cm³/mol. The number of rotatable bonds is 6. The van der Waals surface area contributed by atoms with Gasteiger partial charge in [0.15, 0.2) is 19.2 Å². The summed E-state index contributed by atoms with van der Waals surface area (Å²) in [6.07, 6.45) is 4.10. The summed E-state index contributed by atoms with van der Waals surface area (Å²) in [6, 6.07) is 12.4. The summed E-state index contributed by atoms with van der Waals surface area (Å²) >= 11 is 0. The van der Waals surface area contributed by atoms with E-state index in [0.717, 1.165) is 29.7 Å². The molecule has 1 aliphatic heterocycles. The molecule has 3 aromatic rings. The topological polar surface area (TPSA) is 88.4 Å². The second-order valence-corrected chi connectivity index (χ2v) is 10.5. The van der Waals surface area contributed by atoms with Crippen molar-refractivity contribution in [3.63, 3.8) is 0 Å². The minimum absolute atomic E-state index is 0. The number of hydrogen-bond acceptors (Lipinski definition) is 5. The van der Waals surface area contributed by atoms with Gasteiger partial charge in [-0.1, -0.05) is 63.1 Å². The van der Waals surface area contributed by atoms with Gasteiger partial charge in [-0.3, -0.25) is 9.59 Å². The van der Waals surface area contributed by atoms with Gasteiger partial charge in [0, 0.05) is 40.8 Å². The number of ketones is 2. The zero-order chi connectivity index (χ0) is 23.3. The van der Waals surface area contributed by atoms with Crippen molar-refractivity contribution in [2.45, 2.75) is 45.6 Å². The second kappa shape index (κ2) is 9.69. The summed E-state index contributed by atoms with van der Waals surface area (Å²) < 4.78 is 20.1. The molecule has 0 bridgehead atoms. The SMILES string of the molecule is CCCCCOP(=O)([O-])c1cccc2c1C(=O)c1cn3c(c1C2=O)C(C)c1ccccc1C3.[Na+]. The molecule has 2 heterocycles. The predicted octanol–water partition coefficient (Wildman–Crippen LogP) is 1.17. The van der Waals surface area contributed by atoms with Crippen LogP contribution in [0.2, 0.25) is 0 Å². The monoisotopic (exact) mass is 485 g/mol. The van der Waals surface area contributed by atoms with E-state index >= 15 is 0 Å². The molecular formula is C26H25NNaO5P. The molecule has 6 nitrogen and oxygen atoms in total. The molecule has 5 rings (SSSR count). The van der Waals surface area contributed by atoms with Gasteiger partial charge in [0.2, 0.25) is 0 Å². The van der Waals surface area contributed by atoms with Crippen LogP contribution in [-0.4, -0.2) is 22.7 Å². The van der Waals surface area contributed by atoms with E-state index in [-0.39, 0.29) is 69.9 Å². The Labute approximate surface area is 221 Å². The van der Waals surface area contributed by atoms with E-state index in [4.69, 9.17) is 4.52 Å². The normalized spacial score (nSPS) is 17.7. The van der Waals surface area contributed by atoms with Gasteiger partial charge in [-0.2, -0.15) is 0 Å². The fraction of sp³-hybridized carbons (Fsp3) is 0.308. The van der Waals surface area contributed by atoms with Crippen LogP contribution in [0.25, 0.3) is 0 Å². The molecule has 34 heavy (non-hydrogen) atoms. The summed E-state index contributed by atoms with van der Waals surface area (Å²) in [5.74, 6) is -0.818. The Morgan fingerprint density at radius 1 is 1.03 bits per heavy atom. The molecule has 0 amide bonds. The number of carbonyl (C=O) groups is 2. The van der Waals surface area contributed by atoms with E-state index in [1.54, 1.807) is 6.20 Å². The van der Waals surface area contributed by atoms with Crippen molar-refractivity contribution in [1.29, 1.82) is 0 Å². The summed E-state index contributed by atoms with van der Waals surface area (Å²) in [4.78, 5) is 40.2. The Morgan fingerprint density at radius 2 is 1.76 bits per heavy atom. The number of fused-ring (bicyclic) bond motifs is 5. The zero-order valence-electron chi connectivity index (χ0n) is 19.7. The third-order valence-corrected chi connectivity index (χ3v) is 8.17. The van der Waals surface area contributed by atoms with Gasteiger partial charge in [0.05, 0.1) is 17.7 Å². The summed E-state index contributed by atoms with van der Waals surface area (Å²) in [6.45, 7) is 4.67. The van der Waals surface area contributed by atoms with Crippen LogP contribution in [0.15, 0.2) is 48.7 Å². The molecule has 2 atom stereocenters. The number of hydrogen-bond donors (Lipinski definition) is 0. The molecule has 0 saturated carbocycles. The fourth-order valence-electron chi connectivity index (χ4n) is 5.08. The van der Waals surface area contributed by atoms with Crippen LogP contribution in [0, 0.1) is 0 Å². The Bertz CT molecular complexity index is 1340. The van der Waals surface area contributed by atoms with Gasteiger partial charge in [-0.05, 0) is 23.6 Å². The largest absolute Gasteiger partial charge is 1.00 e. The molecule has 170 valence electrons. The second-order valence-electron chi connectivity index (χ2n) is 8.75. The van der Waals surface area contributed by atoms with E-state index in [2.05, 4.69) is 0 Å². The molecular weight excluding hydrogens is 460 g/mol. The van der Waals surface area contributed by atoms with Crippen molar-refractivity contribution in [3.8, 4) is 0 Å². The van der Waals surface area contributed by atoms with E-state index in [0.29, 0.717) is 18.5 Å². The molecule has 2 aliphatic rings. The van der Waals surface area contributed by atoms with Crippen LogP contribution in [0.4, 0.5) is 0 Å². The van der Waals surface area contributed by atoms with Crippen LogP contribution in [0.3, 0.4) is 0 Å². The summed E-state index contributed by atoms with van der Waals surface area (Å²) in [5.41, 5.74) is 3.79. The van der Waals surface area contributed by atoms with Crippen molar-refractivity contribution < 1.29 is 53.1 Å². The maximum absolute atomic E-state index is 13.6. The molecule has 0 spiro atoms. The first-order chi connectivity index (χ1) is 15.8. The zero-order valence-corrected chi connectivity index (χ0v) is 22.6. The number of aromatic nitrogens is 1. The third-order valence-electron chi connectivity index (χ3n) is 6.68. The minimum atomic E-state index is -4.52. The average molecular weight is 485 g/mol. The molecule has 0 saturated heterocycles. The summed E-state index contributed by atoms with van der Waals surface area (Å²) in [5, 5.41) is -0.207. The van der Waals surface area contributed by atoms with Gasteiger partial charge in [0.25, 0.3) is 0 Å². The first-order valence-electron chi connectivity index (χ1n) is 11.3. The molecule has 0 N–H and O–H groups in total. The van der Waals surface area contributed by atoms with Crippen LogP contribution < -0.4 is 39.8 Å². The van der Waals surface area contributed by atoms with Gasteiger partial charge < -0.3 is 18.5 Å². The van der Waals surface area contributed by atoms with Crippen molar-refractivity contribution in [3.05, 3.63) is 87.7 Å². The molecule has 1 aromatic heterocycles. The van der Waals surface area contributed by atoms with E-state index in [9.17, 15) is 19.0 Å². The minimum Gasteiger partial charge on any atom is -0.775 e. The van der Waals surface area contributed by atoms with Crippen LogP contribution >= 0.6 is 7.60 Å². The first-order valence-corrected chi connectivity index (χ1v) is 12.9. The maximum atomic E-state index is 13.6. The molecule has 0 fully saturated rings. The van der Waals surface area contributed by atoms with E-state index < -0.39 is 13.4 Å². The fourth-order valence-corrected chi connectivity index (χ4v) is 6.35. The Kier molecular flexibility index (Phi) is 7.21.